The number of rotatable bonds is 4. The first kappa shape index (κ1) is 14.6. The zero-order chi connectivity index (χ0) is 14.7. The lowest BCUT2D eigenvalue weighted by Crippen LogP contribution is -2.10. The van der Waals surface area contributed by atoms with Gasteiger partial charge in [0.15, 0.2) is 0 Å². The molecule has 0 saturated carbocycles. The smallest absolute Gasteiger partial charge is 0.132 e. The van der Waals surface area contributed by atoms with Crippen LogP contribution in [0.25, 0.3) is 0 Å². The third-order valence-corrected chi connectivity index (χ3v) is 3.74. The Balaban J connectivity index is 2.40. The lowest BCUT2D eigenvalue weighted by Gasteiger charge is -2.17. The lowest BCUT2D eigenvalue weighted by atomic mass is 10.0. The fourth-order valence-electron chi connectivity index (χ4n) is 2.32. The van der Waals surface area contributed by atoms with Crippen molar-refractivity contribution in [3.8, 4) is 11.5 Å². The summed E-state index contributed by atoms with van der Waals surface area (Å²) in [4.78, 5) is 0. The summed E-state index contributed by atoms with van der Waals surface area (Å²) in [6.45, 7) is 8.37. The molecule has 2 aromatic carbocycles. The van der Waals surface area contributed by atoms with Crippen LogP contribution >= 0.6 is 0 Å². The molecule has 0 aromatic heterocycles. The molecule has 106 valence electrons. The molecule has 2 heteroatoms. The largest absolute Gasteiger partial charge is 0.457 e. The lowest BCUT2D eigenvalue weighted by molar-refractivity contribution is 0.464. The number of hydrogen-bond acceptors (Lipinski definition) is 2. The summed E-state index contributed by atoms with van der Waals surface area (Å²) in [7, 11) is 0. The molecule has 0 aliphatic heterocycles. The molecule has 0 spiro atoms. The van der Waals surface area contributed by atoms with Gasteiger partial charge in [-0.2, -0.15) is 0 Å². The van der Waals surface area contributed by atoms with Gasteiger partial charge < -0.3 is 10.5 Å². The summed E-state index contributed by atoms with van der Waals surface area (Å²) in [5.74, 6) is 1.77. The second kappa shape index (κ2) is 6.10. The first-order chi connectivity index (χ1) is 9.52. The minimum absolute atomic E-state index is 0.0115. The molecule has 0 aliphatic rings. The summed E-state index contributed by atoms with van der Waals surface area (Å²) < 4.78 is 6.14. The summed E-state index contributed by atoms with van der Waals surface area (Å²) >= 11 is 0. The van der Waals surface area contributed by atoms with Gasteiger partial charge in [0.25, 0.3) is 0 Å². The molecular formula is C18H23NO. The second-order valence-corrected chi connectivity index (χ2v) is 5.36. The quantitative estimate of drug-likeness (QED) is 0.864. The summed E-state index contributed by atoms with van der Waals surface area (Å²) in [6, 6.07) is 12.3. The molecule has 0 radical (unpaired) electrons. The van der Waals surface area contributed by atoms with E-state index in [2.05, 4.69) is 39.8 Å². The van der Waals surface area contributed by atoms with Crippen molar-refractivity contribution in [3.63, 3.8) is 0 Å². The topological polar surface area (TPSA) is 35.2 Å². The first-order valence-electron chi connectivity index (χ1n) is 7.13. The highest BCUT2D eigenvalue weighted by molar-refractivity contribution is 5.46. The number of nitrogens with two attached hydrogens (primary N) is 1. The predicted molar refractivity (Wildman–Crippen MR) is 84.4 cm³/mol. The molecule has 0 heterocycles. The van der Waals surface area contributed by atoms with E-state index in [0.717, 1.165) is 23.5 Å². The van der Waals surface area contributed by atoms with E-state index in [4.69, 9.17) is 10.5 Å². The zero-order valence-corrected chi connectivity index (χ0v) is 12.7. The zero-order valence-electron chi connectivity index (χ0n) is 12.7. The van der Waals surface area contributed by atoms with Gasteiger partial charge in [-0.15, -0.1) is 0 Å². The van der Waals surface area contributed by atoms with E-state index in [1.165, 1.54) is 16.7 Å². The molecule has 2 rings (SSSR count). The van der Waals surface area contributed by atoms with E-state index >= 15 is 0 Å². The van der Waals surface area contributed by atoms with Gasteiger partial charge >= 0.3 is 0 Å². The average molecular weight is 269 g/mol. The Kier molecular flexibility index (Phi) is 4.46. The highest BCUT2D eigenvalue weighted by Gasteiger charge is 2.12. The van der Waals surface area contributed by atoms with Crippen molar-refractivity contribution >= 4 is 0 Å². The molecule has 0 amide bonds. The number of ether oxygens (including phenoxy) is 1. The molecule has 2 aromatic rings. The Morgan fingerprint density at radius 2 is 1.75 bits per heavy atom. The third-order valence-electron chi connectivity index (χ3n) is 3.74. The molecule has 0 saturated heterocycles. The van der Waals surface area contributed by atoms with Crippen LogP contribution in [0.4, 0.5) is 0 Å². The minimum atomic E-state index is 0.0115. The minimum Gasteiger partial charge on any atom is -0.457 e. The van der Waals surface area contributed by atoms with Gasteiger partial charge in [0.05, 0.1) is 0 Å². The molecule has 0 aliphatic carbocycles. The highest BCUT2D eigenvalue weighted by atomic mass is 16.5. The van der Waals surface area contributed by atoms with Gasteiger partial charge in [0, 0.05) is 11.6 Å². The molecule has 0 fully saturated rings. The van der Waals surface area contributed by atoms with Crippen LogP contribution in [0.5, 0.6) is 11.5 Å². The SMILES string of the molecule is CC[C@H](N)c1ccccc1Oc1cc(C)cc(C)c1C. The Morgan fingerprint density at radius 1 is 1.05 bits per heavy atom. The van der Waals surface area contributed by atoms with Gasteiger partial charge in [-0.3, -0.25) is 0 Å². The number of hydrogen-bond donors (Lipinski definition) is 1. The van der Waals surface area contributed by atoms with Crippen molar-refractivity contribution in [1.29, 1.82) is 0 Å². The number of para-hydroxylation sites is 1. The van der Waals surface area contributed by atoms with Crippen molar-refractivity contribution in [2.75, 3.05) is 0 Å². The molecular weight excluding hydrogens is 246 g/mol. The predicted octanol–water partition coefficient (Wildman–Crippen LogP) is 4.81. The second-order valence-electron chi connectivity index (χ2n) is 5.36. The molecule has 0 bridgehead atoms. The summed E-state index contributed by atoms with van der Waals surface area (Å²) in [5, 5.41) is 0. The van der Waals surface area contributed by atoms with Crippen LogP contribution in [0.1, 0.15) is 41.6 Å². The first-order valence-corrected chi connectivity index (χ1v) is 7.13. The van der Waals surface area contributed by atoms with Gasteiger partial charge in [-0.25, -0.2) is 0 Å². The van der Waals surface area contributed by atoms with E-state index in [1.807, 2.05) is 24.3 Å². The van der Waals surface area contributed by atoms with E-state index in [9.17, 15) is 0 Å². The normalized spacial score (nSPS) is 12.2. The van der Waals surface area contributed by atoms with Crippen LogP contribution in [-0.4, -0.2) is 0 Å². The summed E-state index contributed by atoms with van der Waals surface area (Å²) in [5.41, 5.74) is 10.9. The Bertz CT molecular complexity index is 604. The average Bonchev–Trinajstić information content (AvgIpc) is 2.44. The van der Waals surface area contributed by atoms with E-state index in [1.54, 1.807) is 0 Å². The maximum Gasteiger partial charge on any atom is 0.132 e. The van der Waals surface area contributed by atoms with Crippen molar-refractivity contribution in [2.45, 2.75) is 40.2 Å². The van der Waals surface area contributed by atoms with Crippen LogP contribution in [0, 0.1) is 20.8 Å². The van der Waals surface area contributed by atoms with Gasteiger partial charge in [-0.1, -0.05) is 31.2 Å². The molecule has 2 N–H and O–H groups in total. The van der Waals surface area contributed by atoms with Gasteiger partial charge in [-0.05, 0) is 56.0 Å². The Labute approximate surface area is 121 Å². The number of aryl methyl sites for hydroxylation is 2. The van der Waals surface area contributed by atoms with Crippen LogP contribution in [0.2, 0.25) is 0 Å². The third kappa shape index (κ3) is 3.02. The van der Waals surface area contributed by atoms with Gasteiger partial charge in [0.2, 0.25) is 0 Å². The highest BCUT2D eigenvalue weighted by Crippen LogP contribution is 2.33. The molecule has 20 heavy (non-hydrogen) atoms. The number of benzene rings is 2. The van der Waals surface area contributed by atoms with Crippen LogP contribution < -0.4 is 10.5 Å². The fraction of sp³-hybridized carbons (Fsp3) is 0.333. The summed E-state index contributed by atoms with van der Waals surface area (Å²) in [6.07, 6.45) is 0.895. The van der Waals surface area contributed by atoms with Crippen molar-refractivity contribution in [3.05, 3.63) is 58.7 Å². The maximum absolute atomic E-state index is 6.17. The van der Waals surface area contributed by atoms with Crippen molar-refractivity contribution in [1.82, 2.24) is 0 Å². The molecule has 1 atom stereocenters. The Hall–Kier alpha value is -1.80. The molecule has 2 nitrogen and oxygen atoms in total. The van der Waals surface area contributed by atoms with Gasteiger partial charge in [0.1, 0.15) is 11.5 Å². The van der Waals surface area contributed by atoms with Crippen molar-refractivity contribution < 1.29 is 4.74 Å². The van der Waals surface area contributed by atoms with Crippen LogP contribution in [-0.2, 0) is 0 Å². The maximum atomic E-state index is 6.17. The monoisotopic (exact) mass is 269 g/mol. The molecule has 0 unspecified atom stereocenters. The van der Waals surface area contributed by atoms with Crippen LogP contribution in [0.15, 0.2) is 36.4 Å². The Morgan fingerprint density at radius 3 is 2.45 bits per heavy atom. The van der Waals surface area contributed by atoms with E-state index in [0.29, 0.717) is 0 Å². The standard InChI is InChI=1S/C18H23NO/c1-5-16(19)15-8-6-7-9-17(15)20-18-11-12(2)10-13(3)14(18)4/h6-11,16H,5,19H2,1-4H3/t16-/m0/s1. The van der Waals surface area contributed by atoms with Crippen molar-refractivity contribution in [2.24, 2.45) is 5.73 Å². The van der Waals surface area contributed by atoms with E-state index in [-0.39, 0.29) is 6.04 Å². The fourth-order valence-corrected chi connectivity index (χ4v) is 2.32. The van der Waals surface area contributed by atoms with Crippen LogP contribution in [0.3, 0.4) is 0 Å². The van der Waals surface area contributed by atoms with E-state index < -0.39 is 0 Å².